The van der Waals surface area contributed by atoms with Crippen molar-refractivity contribution in [3.8, 4) is 0 Å². The van der Waals surface area contributed by atoms with Gasteiger partial charge >= 0.3 is 12.0 Å². The van der Waals surface area contributed by atoms with E-state index in [9.17, 15) is 9.59 Å². The van der Waals surface area contributed by atoms with Crippen molar-refractivity contribution < 1.29 is 14.3 Å². The fourth-order valence-corrected chi connectivity index (χ4v) is 4.79. The number of rotatable bonds is 4. The molecule has 2 aromatic heterocycles. The first-order valence-corrected chi connectivity index (χ1v) is 9.70. The summed E-state index contributed by atoms with van der Waals surface area (Å²) in [6.07, 6.45) is 0. The van der Waals surface area contributed by atoms with E-state index in [0.717, 1.165) is 14.2 Å². The first-order chi connectivity index (χ1) is 11.5. The van der Waals surface area contributed by atoms with E-state index in [4.69, 9.17) is 4.74 Å². The lowest BCUT2D eigenvalue weighted by molar-refractivity contribution is -0.136. The molecule has 0 aromatic carbocycles. The van der Waals surface area contributed by atoms with Crippen LogP contribution in [0.5, 0.6) is 0 Å². The molecule has 0 saturated carbocycles. The highest BCUT2D eigenvalue weighted by Crippen LogP contribution is 2.36. The molecule has 3 heterocycles. The monoisotopic (exact) mass is 426 g/mol. The van der Waals surface area contributed by atoms with Crippen molar-refractivity contribution in [1.29, 1.82) is 0 Å². The van der Waals surface area contributed by atoms with Gasteiger partial charge in [-0.1, -0.05) is 6.07 Å². The first kappa shape index (κ1) is 17.2. The molecular weight excluding hydrogens is 412 g/mol. The number of ether oxygens (including phenoxy) is 1. The third kappa shape index (κ3) is 3.26. The summed E-state index contributed by atoms with van der Waals surface area (Å²) in [5.41, 5.74) is 1.08. The Morgan fingerprint density at radius 1 is 1.46 bits per heavy atom. The molecule has 2 amide bonds. The van der Waals surface area contributed by atoms with Gasteiger partial charge in [0.1, 0.15) is 0 Å². The molecule has 1 unspecified atom stereocenters. The summed E-state index contributed by atoms with van der Waals surface area (Å²) in [5.74, 6) is -0.432. The van der Waals surface area contributed by atoms with Crippen LogP contribution in [-0.4, -0.2) is 24.0 Å². The van der Waals surface area contributed by atoms with Crippen LogP contribution in [0.4, 0.5) is 4.79 Å². The number of allylic oxidation sites excluding steroid dienone is 1. The van der Waals surface area contributed by atoms with E-state index in [1.165, 1.54) is 18.4 Å². The number of hydrogen-bond acceptors (Lipinski definition) is 5. The number of carbonyl (C=O) groups is 2. The number of esters is 1. The maximum atomic E-state index is 12.6. The number of methoxy groups -OCH3 is 1. The van der Waals surface area contributed by atoms with Crippen LogP contribution in [0.3, 0.4) is 0 Å². The Hall–Kier alpha value is -1.64. The predicted octanol–water partition coefficient (Wildman–Crippen LogP) is 4.29. The molecule has 8 heteroatoms. The summed E-state index contributed by atoms with van der Waals surface area (Å²) in [7, 11) is 1.35. The summed E-state index contributed by atoms with van der Waals surface area (Å²) in [6.45, 7) is 2.21. The SMILES string of the molecule is COC(=O)C1=C(C)N(Cc2cccs2)C(=O)NC1c1cc(Br)cs1. The van der Waals surface area contributed by atoms with Crippen LogP contribution in [0.25, 0.3) is 0 Å². The molecule has 0 saturated heterocycles. The average molecular weight is 427 g/mol. The number of amides is 2. The highest BCUT2D eigenvalue weighted by molar-refractivity contribution is 9.10. The second-order valence-electron chi connectivity index (χ2n) is 5.21. The van der Waals surface area contributed by atoms with E-state index in [0.29, 0.717) is 17.8 Å². The van der Waals surface area contributed by atoms with Gasteiger partial charge in [0, 0.05) is 25.3 Å². The van der Waals surface area contributed by atoms with Gasteiger partial charge in [0.2, 0.25) is 0 Å². The molecule has 0 bridgehead atoms. The van der Waals surface area contributed by atoms with Crippen molar-refractivity contribution in [2.75, 3.05) is 7.11 Å². The number of hydrogen-bond donors (Lipinski definition) is 1. The molecule has 1 atom stereocenters. The average Bonchev–Trinajstić information content (AvgIpc) is 3.21. The standard InChI is InChI=1S/C16H15BrN2O3S2/c1-9-13(15(20)22-2)14(12-6-10(17)8-24-12)18-16(21)19(9)7-11-4-3-5-23-11/h3-6,8,14H,7H2,1-2H3,(H,18,21). The molecule has 1 aliphatic heterocycles. The number of carbonyl (C=O) groups excluding carboxylic acids is 2. The topological polar surface area (TPSA) is 58.6 Å². The summed E-state index contributed by atoms with van der Waals surface area (Å²) in [4.78, 5) is 28.5. The molecule has 2 aromatic rings. The zero-order valence-electron chi connectivity index (χ0n) is 13.0. The van der Waals surface area contributed by atoms with Gasteiger partial charge in [-0.15, -0.1) is 22.7 Å². The molecule has 126 valence electrons. The smallest absolute Gasteiger partial charge is 0.338 e. The second kappa shape index (κ2) is 7.08. The van der Waals surface area contributed by atoms with Gasteiger partial charge in [-0.2, -0.15) is 0 Å². The first-order valence-electron chi connectivity index (χ1n) is 7.14. The highest BCUT2D eigenvalue weighted by Gasteiger charge is 2.37. The lowest BCUT2D eigenvalue weighted by atomic mass is 10.0. The molecule has 0 aliphatic carbocycles. The van der Waals surface area contributed by atoms with Gasteiger partial charge < -0.3 is 10.1 Å². The van der Waals surface area contributed by atoms with E-state index in [1.807, 2.05) is 29.0 Å². The van der Waals surface area contributed by atoms with Crippen molar-refractivity contribution >= 4 is 50.6 Å². The molecular formula is C16H15BrN2O3S2. The lowest BCUT2D eigenvalue weighted by Gasteiger charge is -2.34. The number of halogens is 1. The Morgan fingerprint density at radius 3 is 2.83 bits per heavy atom. The normalized spacial score (nSPS) is 17.9. The molecule has 0 radical (unpaired) electrons. The number of nitrogens with one attached hydrogen (secondary N) is 1. The maximum Gasteiger partial charge on any atom is 0.338 e. The van der Waals surface area contributed by atoms with Crippen LogP contribution in [-0.2, 0) is 16.1 Å². The lowest BCUT2D eigenvalue weighted by Crippen LogP contribution is -2.47. The van der Waals surface area contributed by atoms with Crippen molar-refractivity contribution in [1.82, 2.24) is 10.2 Å². The molecule has 0 fully saturated rings. The Morgan fingerprint density at radius 2 is 2.25 bits per heavy atom. The third-order valence-electron chi connectivity index (χ3n) is 3.77. The van der Waals surface area contributed by atoms with Crippen molar-refractivity contribution in [3.05, 3.63) is 54.5 Å². The molecule has 5 nitrogen and oxygen atoms in total. The van der Waals surface area contributed by atoms with Gasteiger partial charge in [-0.05, 0) is 40.4 Å². The van der Waals surface area contributed by atoms with Crippen LogP contribution < -0.4 is 5.32 Å². The largest absolute Gasteiger partial charge is 0.466 e. The Balaban J connectivity index is 2.02. The van der Waals surface area contributed by atoms with Gasteiger partial charge in [-0.3, -0.25) is 4.90 Å². The molecule has 3 rings (SSSR count). The van der Waals surface area contributed by atoms with Gasteiger partial charge in [-0.25, -0.2) is 9.59 Å². The number of urea groups is 1. The Kier molecular flexibility index (Phi) is 5.07. The van der Waals surface area contributed by atoms with Crippen LogP contribution in [0.2, 0.25) is 0 Å². The quantitative estimate of drug-likeness (QED) is 0.741. The molecule has 1 aliphatic rings. The van der Waals surface area contributed by atoms with Crippen molar-refractivity contribution in [2.45, 2.75) is 19.5 Å². The minimum atomic E-state index is -0.499. The number of nitrogens with zero attached hydrogens (tertiary/aromatic N) is 1. The summed E-state index contributed by atoms with van der Waals surface area (Å²) >= 11 is 6.46. The fourth-order valence-electron chi connectivity index (χ4n) is 2.60. The fraction of sp³-hybridized carbons (Fsp3) is 0.250. The van der Waals surface area contributed by atoms with E-state index in [-0.39, 0.29) is 6.03 Å². The zero-order valence-corrected chi connectivity index (χ0v) is 16.3. The summed E-state index contributed by atoms with van der Waals surface area (Å²) < 4.78 is 5.87. The van der Waals surface area contributed by atoms with E-state index < -0.39 is 12.0 Å². The molecule has 0 spiro atoms. The van der Waals surface area contributed by atoms with Gasteiger partial charge in [0.25, 0.3) is 0 Å². The van der Waals surface area contributed by atoms with E-state index in [1.54, 1.807) is 23.2 Å². The van der Waals surface area contributed by atoms with Crippen molar-refractivity contribution in [3.63, 3.8) is 0 Å². The van der Waals surface area contributed by atoms with Crippen LogP contribution in [0.15, 0.2) is 44.7 Å². The van der Waals surface area contributed by atoms with Gasteiger partial charge in [0.15, 0.2) is 0 Å². The maximum absolute atomic E-state index is 12.6. The molecule has 24 heavy (non-hydrogen) atoms. The summed E-state index contributed by atoms with van der Waals surface area (Å²) in [6, 6.07) is 5.09. The minimum absolute atomic E-state index is 0.219. The van der Waals surface area contributed by atoms with Crippen molar-refractivity contribution in [2.24, 2.45) is 0 Å². The van der Waals surface area contributed by atoms with Crippen LogP contribution >= 0.6 is 38.6 Å². The van der Waals surface area contributed by atoms with E-state index >= 15 is 0 Å². The van der Waals surface area contributed by atoms with Crippen LogP contribution in [0, 0.1) is 0 Å². The molecule has 1 N–H and O–H groups in total. The minimum Gasteiger partial charge on any atom is -0.466 e. The highest BCUT2D eigenvalue weighted by atomic mass is 79.9. The number of thiophene rings is 2. The van der Waals surface area contributed by atoms with E-state index in [2.05, 4.69) is 21.2 Å². The predicted molar refractivity (Wildman–Crippen MR) is 97.9 cm³/mol. The van der Waals surface area contributed by atoms with Crippen LogP contribution in [0.1, 0.15) is 22.7 Å². The summed E-state index contributed by atoms with van der Waals surface area (Å²) in [5, 5.41) is 6.81. The zero-order chi connectivity index (χ0) is 17.3. The Labute approximate surface area is 156 Å². The second-order valence-corrected chi connectivity index (χ2v) is 8.10. The third-order valence-corrected chi connectivity index (χ3v) is 6.39. The van der Waals surface area contributed by atoms with Gasteiger partial charge in [0.05, 0.1) is 25.3 Å². The Bertz CT molecular complexity index is 798.